The van der Waals surface area contributed by atoms with E-state index >= 15 is 0 Å². The maximum absolute atomic E-state index is 2.45. The minimum atomic E-state index is 0.787. The molecule has 0 bridgehead atoms. The largest absolute Gasteiger partial charge is 0.309 e. The molecule has 0 saturated heterocycles. The van der Waals surface area contributed by atoms with Gasteiger partial charge in [0, 0.05) is 32.9 Å². The van der Waals surface area contributed by atoms with E-state index in [1.54, 1.807) is 0 Å². The van der Waals surface area contributed by atoms with Crippen LogP contribution >= 0.6 is 0 Å². The molecule has 0 atom stereocenters. The highest BCUT2D eigenvalue weighted by Crippen LogP contribution is 2.37. The molecular weight excluding hydrogens is 617 g/mol. The van der Waals surface area contributed by atoms with E-state index in [0.717, 1.165) is 17.8 Å². The third-order valence-electron chi connectivity index (χ3n) is 10.3. The molecule has 2 aromatic heterocycles. The molecule has 0 aliphatic rings. The molecule has 2 heterocycles. The first-order chi connectivity index (χ1) is 25.3. The Kier molecular flexibility index (Phi) is 6.92. The molecule has 0 amide bonds. The summed E-state index contributed by atoms with van der Waals surface area (Å²) in [6.07, 6.45) is 0.787. The van der Waals surface area contributed by atoms with Crippen molar-refractivity contribution in [2.24, 2.45) is 0 Å². The summed E-state index contributed by atoms with van der Waals surface area (Å²) in [4.78, 5) is 0. The Hall–Kier alpha value is -6.64. The van der Waals surface area contributed by atoms with E-state index in [-0.39, 0.29) is 0 Å². The SMILES string of the molecule is c1ccc(-c2cc(Cc3cc(-n4c5ccccc5c5ccccc54)cc(-n4c5ccccc5c5ccccc54)c3)cc(-c3ccccc3)c2)cc1. The fourth-order valence-electron chi connectivity index (χ4n) is 8.04. The first-order valence-electron chi connectivity index (χ1n) is 17.6. The van der Waals surface area contributed by atoms with Crippen molar-refractivity contribution in [3.05, 3.63) is 205 Å². The third-order valence-corrected chi connectivity index (χ3v) is 10.3. The zero-order chi connectivity index (χ0) is 33.7. The fraction of sp³-hybridized carbons (Fsp3) is 0.0204. The lowest BCUT2D eigenvalue weighted by Gasteiger charge is -2.16. The first-order valence-corrected chi connectivity index (χ1v) is 17.6. The zero-order valence-electron chi connectivity index (χ0n) is 28.1. The third kappa shape index (κ3) is 5.04. The molecule has 10 aromatic rings. The Balaban J connectivity index is 1.23. The van der Waals surface area contributed by atoms with E-state index in [0.29, 0.717) is 0 Å². The predicted octanol–water partition coefficient (Wildman–Crippen LogP) is 12.8. The Morgan fingerprint density at radius 2 is 0.608 bits per heavy atom. The zero-order valence-corrected chi connectivity index (χ0v) is 28.1. The van der Waals surface area contributed by atoms with Crippen LogP contribution in [-0.2, 0) is 6.42 Å². The van der Waals surface area contributed by atoms with Crippen molar-refractivity contribution in [3.8, 4) is 33.6 Å². The molecule has 0 aliphatic heterocycles. The number of nitrogens with zero attached hydrogens (tertiary/aromatic N) is 2. The van der Waals surface area contributed by atoms with Gasteiger partial charge in [0.25, 0.3) is 0 Å². The minimum Gasteiger partial charge on any atom is -0.309 e. The quantitative estimate of drug-likeness (QED) is 0.169. The van der Waals surface area contributed by atoms with Crippen molar-refractivity contribution in [2.45, 2.75) is 6.42 Å². The molecule has 0 unspecified atom stereocenters. The highest BCUT2D eigenvalue weighted by atomic mass is 15.0. The molecule has 51 heavy (non-hydrogen) atoms. The lowest BCUT2D eigenvalue weighted by atomic mass is 9.93. The summed E-state index contributed by atoms with van der Waals surface area (Å²) in [5.41, 5.74) is 14.6. The van der Waals surface area contributed by atoms with Gasteiger partial charge in [-0.3, -0.25) is 0 Å². The predicted molar refractivity (Wildman–Crippen MR) is 215 cm³/mol. The smallest absolute Gasteiger partial charge is 0.0541 e. The lowest BCUT2D eigenvalue weighted by Crippen LogP contribution is -2.02. The molecule has 0 fully saturated rings. The van der Waals surface area contributed by atoms with Gasteiger partial charge in [0.15, 0.2) is 0 Å². The lowest BCUT2D eigenvalue weighted by molar-refractivity contribution is 1.10. The molecule has 0 spiro atoms. The Morgan fingerprint density at radius 3 is 1.00 bits per heavy atom. The average molecular weight is 651 g/mol. The molecule has 0 aliphatic carbocycles. The van der Waals surface area contributed by atoms with Gasteiger partial charge in [0.1, 0.15) is 0 Å². The summed E-state index contributed by atoms with van der Waals surface area (Å²) in [7, 11) is 0. The average Bonchev–Trinajstić information content (AvgIpc) is 3.72. The maximum Gasteiger partial charge on any atom is 0.0541 e. The van der Waals surface area contributed by atoms with Crippen LogP contribution in [0.15, 0.2) is 194 Å². The Labute approximate surface area is 297 Å². The van der Waals surface area contributed by atoms with E-state index in [1.165, 1.54) is 77.0 Å². The van der Waals surface area contributed by atoms with E-state index < -0.39 is 0 Å². The van der Waals surface area contributed by atoms with Crippen molar-refractivity contribution in [1.82, 2.24) is 9.13 Å². The number of aromatic nitrogens is 2. The van der Waals surface area contributed by atoms with Crippen LogP contribution in [0.3, 0.4) is 0 Å². The van der Waals surface area contributed by atoms with Crippen LogP contribution in [0.4, 0.5) is 0 Å². The summed E-state index contributed by atoms with van der Waals surface area (Å²) < 4.78 is 4.89. The van der Waals surface area contributed by atoms with Gasteiger partial charge in [0.2, 0.25) is 0 Å². The number of benzene rings is 8. The summed E-state index contributed by atoms with van der Waals surface area (Å²) >= 11 is 0. The van der Waals surface area contributed by atoms with Crippen LogP contribution in [0.1, 0.15) is 11.1 Å². The molecular formula is C49H34N2. The highest BCUT2D eigenvalue weighted by Gasteiger charge is 2.17. The number of hydrogen-bond acceptors (Lipinski definition) is 0. The summed E-state index contributed by atoms with van der Waals surface area (Å²) in [6.45, 7) is 0. The van der Waals surface area contributed by atoms with Crippen LogP contribution in [0.5, 0.6) is 0 Å². The molecule has 2 heteroatoms. The van der Waals surface area contributed by atoms with E-state index in [1.807, 2.05) is 0 Å². The molecule has 0 saturated carbocycles. The van der Waals surface area contributed by atoms with Crippen molar-refractivity contribution in [2.75, 3.05) is 0 Å². The van der Waals surface area contributed by atoms with E-state index in [4.69, 9.17) is 0 Å². The first kappa shape index (κ1) is 29.3. The maximum atomic E-state index is 2.45. The van der Waals surface area contributed by atoms with Crippen molar-refractivity contribution < 1.29 is 0 Å². The minimum absolute atomic E-state index is 0.787. The Morgan fingerprint density at radius 1 is 0.275 bits per heavy atom. The van der Waals surface area contributed by atoms with Crippen molar-refractivity contribution in [3.63, 3.8) is 0 Å². The molecule has 0 N–H and O–H groups in total. The van der Waals surface area contributed by atoms with Crippen LogP contribution in [0.2, 0.25) is 0 Å². The molecule has 0 radical (unpaired) electrons. The molecule has 10 rings (SSSR count). The van der Waals surface area contributed by atoms with Gasteiger partial charge >= 0.3 is 0 Å². The van der Waals surface area contributed by atoms with Gasteiger partial charge in [0.05, 0.1) is 22.1 Å². The second-order valence-corrected chi connectivity index (χ2v) is 13.4. The number of hydrogen-bond donors (Lipinski definition) is 0. The van der Waals surface area contributed by atoms with Gasteiger partial charge in [-0.1, -0.05) is 146 Å². The van der Waals surface area contributed by atoms with Crippen molar-refractivity contribution in [1.29, 1.82) is 0 Å². The van der Waals surface area contributed by atoms with Gasteiger partial charge in [-0.05, 0) is 88.3 Å². The topological polar surface area (TPSA) is 9.86 Å². The van der Waals surface area contributed by atoms with E-state index in [9.17, 15) is 0 Å². The van der Waals surface area contributed by atoms with Gasteiger partial charge in [-0.25, -0.2) is 0 Å². The number of fused-ring (bicyclic) bond motifs is 6. The van der Waals surface area contributed by atoms with Crippen LogP contribution < -0.4 is 0 Å². The van der Waals surface area contributed by atoms with Gasteiger partial charge in [-0.15, -0.1) is 0 Å². The Bertz CT molecular complexity index is 2580. The molecule has 2 nitrogen and oxygen atoms in total. The standard InChI is InChI=1S/C49H34N2/c1-3-15-36(16-4-1)38-28-34(29-39(32-38)37-17-5-2-6-18-37)27-35-30-40(50-46-23-11-7-19-42(46)43-20-8-12-24-47(43)50)33-41(31-35)51-48-25-13-9-21-44(48)45-22-10-14-26-49(45)51/h1-26,28-33H,27H2. The molecule has 8 aromatic carbocycles. The fourth-order valence-corrected chi connectivity index (χ4v) is 8.04. The second kappa shape index (κ2) is 12.0. The monoisotopic (exact) mass is 650 g/mol. The normalized spacial score (nSPS) is 11.6. The number of rotatable bonds is 6. The summed E-state index contributed by atoms with van der Waals surface area (Å²) in [5.74, 6) is 0. The van der Waals surface area contributed by atoms with Gasteiger partial charge in [-0.2, -0.15) is 0 Å². The summed E-state index contributed by atoms with van der Waals surface area (Å²) in [5, 5.41) is 5.06. The van der Waals surface area contributed by atoms with Crippen LogP contribution in [0.25, 0.3) is 77.2 Å². The van der Waals surface area contributed by atoms with Crippen LogP contribution in [-0.4, -0.2) is 9.13 Å². The second-order valence-electron chi connectivity index (χ2n) is 13.4. The highest BCUT2D eigenvalue weighted by molar-refractivity contribution is 6.10. The summed E-state index contributed by atoms with van der Waals surface area (Å²) in [6, 6.07) is 70.8. The number of para-hydroxylation sites is 4. The van der Waals surface area contributed by atoms with E-state index in [2.05, 4.69) is 203 Å². The van der Waals surface area contributed by atoms with Gasteiger partial charge < -0.3 is 9.13 Å². The van der Waals surface area contributed by atoms with Crippen LogP contribution in [0, 0.1) is 0 Å². The van der Waals surface area contributed by atoms with Crippen molar-refractivity contribution >= 4 is 43.6 Å². The molecule has 240 valence electrons.